The highest BCUT2D eigenvalue weighted by atomic mass is 79.9. The van der Waals surface area contributed by atoms with Crippen molar-refractivity contribution in [2.24, 2.45) is 0 Å². The van der Waals surface area contributed by atoms with E-state index in [1.165, 1.54) is 0 Å². The van der Waals surface area contributed by atoms with Gasteiger partial charge < -0.3 is 4.74 Å². The Morgan fingerprint density at radius 2 is 2.36 bits per heavy atom. The molecule has 1 atom stereocenters. The fraction of sp³-hybridized carbons (Fsp3) is 0.300. The van der Waals surface area contributed by atoms with Gasteiger partial charge in [0.15, 0.2) is 6.10 Å². The molecule has 1 unspecified atom stereocenters. The van der Waals surface area contributed by atoms with Gasteiger partial charge in [-0.2, -0.15) is 5.26 Å². The van der Waals surface area contributed by atoms with E-state index in [0.717, 1.165) is 0 Å². The molecule has 2 nitrogen and oxygen atoms in total. The van der Waals surface area contributed by atoms with Crippen LogP contribution in [0.2, 0.25) is 0 Å². The van der Waals surface area contributed by atoms with Crippen molar-refractivity contribution in [3.05, 3.63) is 34.1 Å². The highest BCUT2D eigenvalue weighted by molar-refractivity contribution is 9.10. The van der Waals surface area contributed by atoms with Gasteiger partial charge in [0.05, 0.1) is 10.5 Å². The smallest absolute Gasteiger partial charge is 0.171 e. The van der Waals surface area contributed by atoms with Gasteiger partial charge in [-0.15, -0.1) is 0 Å². The highest BCUT2D eigenvalue weighted by Gasteiger charge is 2.16. The first-order valence-electron chi connectivity index (χ1n) is 4.15. The lowest BCUT2D eigenvalue weighted by Crippen LogP contribution is -2.04. The molecule has 0 radical (unpaired) electrons. The van der Waals surface area contributed by atoms with Crippen LogP contribution in [0.3, 0.4) is 0 Å². The number of benzene rings is 1. The lowest BCUT2D eigenvalue weighted by atomic mass is 10.1. The second-order valence-electron chi connectivity index (χ2n) is 2.61. The summed E-state index contributed by atoms with van der Waals surface area (Å²) in [7, 11) is 0. The minimum atomic E-state index is -0.836. The Labute approximate surface area is 90.4 Å². The van der Waals surface area contributed by atoms with Crippen molar-refractivity contribution in [2.75, 3.05) is 6.61 Å². The molecule has 0 fully saturated rings. The van der Waals surface area contributed by atoms with E-state index >= 15 is 0 Å². The third-order valence-corrected chi connectivity index (χ3v) is 2.33. The first-order valence-corrected chi connectivity index (χ1v) is 4.95. The van der Waals surface area contributed by atoms with Crippen LogP contribution in [0.5, 0.6) is 0 Å². The van der Waals surface area contributed by atoms with Gasteiger partial charge >= 0.3 is 0 Å². The molecule has 1 aromatic rings. The average molecular weight is 258 g/mol. The van der Waals surface area contributed by atoms with E-state index in [-0.39, 0.29) is 5.56 Å². The largest absolute Gasteiger partial charge is 0.359 e. The molecular weight excluding hydrogens is 249 g/mol. The minimum Gasteiger partial charge on any atom is -0.359 e. The molecule has 0 aromatic heterocycles. The predicted octanol–water partition coefficient (Wildman–Crippen LogP) is 3.19. The van der Waals surface area contributed by atoms with Crippen molar-refractivity contribution in [3.63, 3.8) is 0 Å². The summed E-state index contributed by atoms with van der Waals surface area (Å²) in [5, 5.41) is 8.77. The second-order valence-corrected chi connectivity index (χ2v) is 3.46. The zero-order valence-electron chi connectivity index (χ0n) is 7.63. The maximum absolute atomic E-state index is 13.5. The predicted molar refractivity (Wildman–Crippen MR) is 54.1 cm³/mol. The number of hydrogen-bond donors (Lipinski definition) is 0. The van der Waals surface area contributed by atoms with E-state index < -0.39 is 11.9 Å². The van der Waals surface area contributed by atoms with Crippen LogP contribution in [-0.2, 0) is 4.74 Å². The quantitative estimate of drug-likeness (QED) is 0.834. The molecule has 0 bridgehead atoms. The fourth-order valence-electron chi connectivity index (χ4n) is 1.09. The molecule has 0 aliphatic carbocycles. The molecule has 74 valence electrons. The summed E-state index contributed by atoms with van der Waals surface area (Å²) in [6, 6.07) is 6.70. The summed E-state index contributed by atoms with van der Waals surface area (Å²) in [6.45, 7) is 2.14. The monoisotopic (exact) mass is 257 g/mol. The Morgan fingerprint density at radius 3 is 2.93 bits per heavy atom. The van der Waals surface area contributed by atoms with E-state index in [0.29, 0.717) is 11.1 Å². The molecular formula is C10H9BrFNO. The van der Waals surface area contributed by atoms with Crippen molar-refractivity contribution in [1.29, 1.82) is 5.26 Å². The van der Waals surface area contributed by atoms with Gasteiger partial charge in [-0.3, -0.25) is 0 Å². The first-order chi connectivity index (χ1) is 6.70. The van der Waals surface area contributed by atoms with E-state index in [4.69, 9.17) is 10.00 Å². The van der Waals surface area contributed by atoms with Crippen molar-refractivity contribution >= 4 is 15.9 Å². The van der Waals surface area contributed by atoms with Gasteiger partial charge in [-0.25, -0.2) is 4.39 Å². The summed E-state index contributed by atoms with van der Waals surface area (Å²) >= 11 is 3.05. The third-order valence-electron chi connectivity index (χ3n) is 1.71. The molecule has 0 aliphatic heterocycles. The third kappa shape index (κ3) is 2.31. The number of halogens is 2. The van der Waals surface area contributed by atoms with Gasteiger partial charge in [0, 0.05) is 12.2 Å². The normalized spacial score (nSPS) is 12.1. The van der Waals surface area contributed by atoms with Crippen LogP contribution in [0, 0.1) is 17.1 Å². The molecule has 0 spiro atoms. The minimum absolute atomic E-state index is 0.267. The molecule has 0 saturated heterocycles. The molecule has 14 heavy (non-hydrogen) atoms. The number of hydrogen-bond acceptors (Lipinski definition) is 2. The molecule has 4 heteroatoms. The molecule has 0 N–H and O–H groups in total. The van der Waals surface area contributed by atoms with Crippen LogP contribution in [0.4, 0.5) is 4.39 Å². The van der Waals surface area contributed by atoms with Crippen molar-refractivity contribution in [1.82, 2.24) is 0 Å². The van der Waals surface area contributed by atoms with Gasteiger partial charge in [-0.05, 0) is 28.9 Å². The van der Waals surface area contributed by atoms with E-state index in [1.54, 1.807) is 25.1 Å². The summed E-state index contributed by atoms with van der Waals surface area (Å²) in [4.78, 5) is 0. The first kappa shape index (κ1) is 11.2. The van der Waals surface area contributed by atoms with Crippen LogP contribution in [0.25, 0.3) is 0 Å². The van der Waals surface area contributed by atoms with E-state index in [1.807, 2.05) is 6.07 Å². The van der Waals surface area contributed by atoms with Crippen molar-refractivity contribution in [2.45, 2.75) is 13.0 Å². The summed E-state index contributed by atoms with van der Waals surface area (Å²) in [5.74, 6) is -0.437. The van der Waals surface area contributed by atoms with Crippen LogP contribution in [0.1, 0.15) is 18.6 Å². The zero-order valence-corrected chi connectivity index (χ0v) is 9.21. The number of nitrogens with zero attached hydrogens (tertiary/aromatic N) is 1. The van der Waals surface area contributed by atoms with Crippen LogP contribution >= 0.6 is 15.9 Å². The Kier molecular flexibility index (Phi) is 4.05. The lowest BCUT2D eigenvalue weighted by Gasteiger charge is -2.10. The van der Waals surface area contributed by atoms with Crippen LogP contribution < -0.4 is 0 Å². The van der Waals surface area contributed by atoms with Crippen molar-refractivity contribution < 1.29 is 9.13 Å². The molecule has 0 amide bonds. The number of ether oxygens (including phenoxy) is 1. The summed E-state index contributed by atoms with van der Waals surface area (Å²) < 4.78 is 18.9. The topological polar surface area (TPSA) is 33.0 Å². The Bertz CT molecular complexity index is 362. The standard InChI is InChI=1S/C10H9BrFNO/c1-2-14-9(6-13)7-4-3-5-8(11)10(7)12/h3-5,9H,2H2,1H3. The maximum atomic E-state index is 13.5. The second kappa shape index (κ2) is 5.08. The molecule has 1 aromatic carbocycles. The Hall–Kier alpha value is -0.920. The number of rotatable bonds is 3. The molecule has 0 saturated carbocycles. The lowest BCUT2D eigenvalue weighted by molar-refractivity contribution is 0.0992. The van der Waals surface area contributed by atoms with Gasteiger partial charge in [0.25, 0.3) is 0 Å². The summed E-state index contributed by atoms with van der Waals surface area (Å²) in [6.07, 6.45) is -0.836. The maximum Gasteiger partial charge on any atom is 0.171 e. The summed E-state index contributed by atoms with van der Waals surface area (Å²) in [5.41, 5.74) is 0.267. The van der Waals surface area contributed by atoms with Crippen LogP contribution in [-0.4, -0.2) is 6.61 Å². The van der Waals surface area contributed by atoms with Gasteiger partial charge in [-0.1, -0.05) is 12.1 Å². The number of nitriles is 1. The molecule has 0 aliphatic rings. The van der Waals surface area contributed by atoms with Crippen LogP contribution in [0.15, 0.2) is 22.7 Å². The van der Waals surface area contributed by atoms with E-state index in [2.05, 4.69) is 15.9 Å². The highest BCUT2D eigenvalue weighted by Crippen LogP contribution is 2.25. The fourth-order valence-corrected chi connectivity index (χ4v) is 1.47. The zero-order chi connectivity index (χ0) is 10.6. The average Bonchev–Trinajstić information content (AvgIpc) is 2.19. The van der Waals surface area contributed by atoms with Gasteiger partial charge in [0.1, 0.15) is 5.82 Å². The van der Waals surface area contributed by atoms with Crippen molar-refractivity contribution in [3.8, 4) is 6.07 Å². The molecule has 0 heterocycles. The Balaban J connectivity index is 3.05. The molecule has 1 rings (SSSR count). The van der Waals surface area contributed by atoms with Gasteiger partial charge in [0.2, 0.25) is 0 Å². The van der Waals surface area contributed by atoms with E-state index in [9.17, 15) is 4.39 Å². The Morgan fingerprint density at radius 1 is 1.64 bits per heavy atom. The SMILES string of the molecule is CCOC(C#N)c1cccc(Br)c1F.